The second kappa shape index (κ2) is 6.18. The molecule has 2 nitrogen and oxygen atoms in total. The molecule has 0 unspecified atom stereocenters. The van der Waals surface area contributed by atoms with Crippen molar-refractivity contribution >= 4 is 0 Å². The second-order valence-corrected chi connectivity index (χ2v) is 5.13. The molecule has 2 heteroatoms. The van der Waals surface area contributed by atoms with Gasteiger partial charge in [-0.25, -0.2) is 0 Å². The highest BCUT2D eigenvalue weighted by molar-refractivity contribution is 5.14. The summed E-state index contributed by atoms with van der Waals surface area (Å²) in [6.07, 6.45) is 1.28. The zero-order valence-electron chi connectivity index (χ0n) is 11.0. The third-order valence-corrected chi connectivity index (χ3v) is 3.85. The summed E-state index contributed by atoms with van der Waals surface area (Å²) in [6.45, 7) is 9.29. The van der Waals surface area contributed by atoms with E-state index in [-0.39, 0.29) is 0 Å². The van der Waals surface area contributed by atoms with Gasteiger partial charge in [0.2, 0.25) is 0 Å². The Labute approximate surface area is 105 Å². The summed E-state index contributed by atoms with van der Waals surface area (Å²) >= 11 is 0. The summed E-state index contributed by atoms with van der Waals surface area (Å²) in [5, 5.41) is 3.71. The summed E-state index contributed by atoms with van der Waals surface area (Å²) < 4.78 is 0. The number of hydrogen-bond donors (Lipinski definition) is 1. The molecule has 1 heterocycles. The van der Waals surface area contributed by atoms with Crippen LogP contribution in [0.2, 0.25) is 0 Å². The fraction of sp³-hybridized carbons (Fsp3) is 0.600. The minimum Gasteiger partial charge on any atom is -0.310 e. The smallest absolute Gasteiger partial charge is 0.0208 e. The molecule has 94 valence electrons. The van der Waals surface area contributed by atoms with Gasteiger partial charge in [-0.05, 0) is 31.0 Å². The van der Waals surface area contributed by atoms with Crippen molar-refractivity contribution < 1.29 is 0 Å². The zero-order chi connectivity index (χ0) is 12.1. The van der Waals surface area contributed by atoms with E-state index in [2.05, 4.69) is 54.4 Å². The SMILES string of the molecule is CCN1CC[C@H](NCc2ccccc2)[C@H](C)C1. The third-order valence-electron chi connectivity index (χ3n) is 3.85. The van der Waals surface area contributed by atoms with Crippen LogP contribution in [0.3, 0.4) is 0 Å². The normalized spacial score (nSPS) is 26.0. The largest absolute Gasteiger partial charge is 0.310 e. The van der Waals surface area contributed by atoms with Crippen molar-refractivity contribution in [1.82, 2.24) is 10.2 Å². The van der Waals surface area contributed by atoms with Gasteiger partial charge in [-0.15, -0.1) is 0 Å². The van der Waals surface area contributed by atoms with Crippen molar-refractivity contribution in [2.75, 3.05) is 19.6 Å². The Bertz CT molecular complexity index is 323. The van der Waals surface area contributed by atoms with Crippen LogP contribution in [0.25, 0.3) is 0 Å². The first-order valence-corrected chi connectivity index (χ1v) is 6.79. The van der Waals surface area contributed by atoms with Gasteiger partial charge in [-0.3, -0.25) is 0 Å². The lowest BCUT2D eigenvalue weighted by Crippen LogP contribution is -2.47. The molecule has 0 aromatic heterocycles. The standard InChI is InChI=1S/C15H24N2/c1-3-17-10-9-15(13(2)12-17)16-11-14-7-5-4-6-8-14/h4-8,13,15-16H,3,9-12H2,1-2H3/t13-,15+/m1/s1. The van der Waals surface area contributed by atoms with E-state index in [1.54, 1.807) is 0 Å². The lowest BCUT2D eigenvalue weighted by Gasteiger charge is -2.36. The molecule has 1 aromatic rings. The molecule has 0 saturated carbocycles. The summed E-state index contributed by atoms with van der Waals surface area (Å²) in [5.41, 5.74) is 1.39. The third kappa shape index (κ3) is 3.55. The van der Waals surface area contributed by atoms with E-state index in [4.69, 9.17) is 0 Å². The van der Waals surface area contributed by atoms with Crippen LogP contribution in [0.1, 0.15) is 25.8 Å². The Morgan fingerprint density at radius 1 is 1.29 bits per heavy atom. The lowest BCUT2D eigenvalue weighted by molar-refractivity contribution is 0.153. The predicted octanol–water partition coefficient (Wildman–Crippen LogP) is 2.51. The van der Waals surface area contributed by atoms with Crippen LogP contribution in [-0.2, 0) is 6.54 Å². The lowest BCUT2D eigenvalue weighted by atomic mass is 9.93. The van der Waals surface area contributed by atoms with Crippen LogP contribution in [0, 0.1) is 5.92 Å². The Balaban J connectivity index is 1.80. The molecular weight excluding hydrogens is 208 g/mol. The van der Waals surface area contributed by atoms with E-state index < -0.39 is 0 Å². The first-order valence-electron chi connectivity index (χ1n) is 6.79. The van der Waals surface area contributed by atoms with Crippen LogP contribution >= 0.6 is 0 Å². The van der Waals surface area contributed by atoms with Crippen molar-refractivity contribution in [1.29, 1.82) is 0 Å². The first-order chi connectivity index (χ1) is 8.29. The van der Waals surface area contributed by atoms with Gasteiger partial charge in [-0.1, -0.05) is 44.2 Å². The minimum absolute atomic E-state index is 0.679. The van der Waals surface area contributed by atoms with Crippen LogP contribution in [-0.4, -0.2) is 30.6 Å². The molecule has 1 aromatic carbocycles. The van der Waals surface area contributed by atoms with Crippen LogP contribution < -0.4 is 5.32 Å². The van der Waals surface area contributed by atoms with Gasteiger partial charge in [0, 0.05) is 19.1 Å². The number of rotatable bonds is 4. The zero-order valence-corrected chi connectivity index (χ0v) is 11.0. The Morgan fingerprint density at radius 2 is 2.06 bits per heavy atom. The number of nitrogens with one attached hydrogen (secondary N) is 1. The highest BCUT2D eigenvalue weighted by Gasteiger charge is 2.24. The fourth-order valence-corrected chi connectivity index (χ4v) is 2.67. The molecule has 1 aliphatic heterocycles. The summed E-state index contributed by atoms with van der Waals surface area (Å²) in [5.74, 6) is 0.757. The van der Waals surface area contributed by atoms with Crippen molar-refractivity contribution in [3.8, 4) is 0 Å². The van der Waals surface area contributed by atoms with Crippen molar-refractivity contribution in [2.45, 2.75) is 32.9 Å². The number of nitrogens with zero attached hydrogens (tertiary/aromatic N) is 1. The number of benzene rings is 1. The summed E-state index contributed by atoms with van der Waals surface area (Å²) in [7, 11) is 0. The van der Waals surface area contributed by atoms with Crippen LogP contribution in [0.5, 0.6) is 0 Å². The molecule has 1 saturated heterocycles. The van der Waals surface area contributed by atoms with Gasteiger partial charge in [-0.2, -0.15) is 0 Å². The molecule has 2 rings (SSSR count). The van der Waals surface area contributed by atoms with Crippen molar-refractivity contribution in [3.05, 3.63) is 35.9 Å². The summed E-state index contributed by atoms with van der Waals surface area (Å²) in [6, 6.07) is 11.4. The van der Waals surface area contributed by atoms with E-state index in [1.165, 1.54) is 31.6 Å². The maximum absolute atomic E-state index is 3.71. The van der Waals surface area contributed by atoms with Gasteiger partial charge in [0.25, 0.3) is 0 Å². The molecule has 1 aliphatic rings. The monoisotopic (exact) mass is 232 g/mol. The Hall–Kier alpha value is -0.860. The molecule has 2 atom stereocenters. The topological polar surface area (TPSA) is 15.3 Å². The van der Waals surface area contributed by atoms with Crippen LogP contribution in [0.15, 0.2) is 30.3 Å². The average molecular weight is 232 g/mol. The predicted molar refractivity (Wildman–Crippen MR) is 73.0 cm³/mol. The number of hydrogen-bond acceptors (Lipinski definition) is 2. The maximum Gasteiger partial charge on any atom is 0.0208 e. The van der Waals surface area contributed by atoms with Gasteiger partial charge < -0.3 is 10.2 Å². The molecule has 17 heavy (non-hydrogen) atoms. The summed E-state index contributed by atoms with van der Waals surface area (Å²) in [4.78, 5) is 2.55. The molecule has 0 bridgehead atoms. The van der Waals surface area contributed by atoms with Gasteiger partial charge >= 0.3 is 0 Å². The van der Waals surface area contributed by atoms with Crippen LogP contribution in [0.4, 0.5) is 0 Å². The van der Waals surface area contributed by atoms with E-state index in [9.17, 15) is 0 Å². The quantitative estimate of drug-likeness (QED) is 0.858. The molecule has 0 aliphatic carbocycles. The molecule has 0 amide bonds. The molecule has 1 N–H and O–H groups in total. The Kier molecular flexibility index (Phi) is 4.57. The second-order valence-electron chi connectivity index (χ2n) is 5.13. The highest BCUT2D eigenvalue weighted by atomic mass is 15.1. The molecule has 0 radical (unpaired) electrons. The first kappa shape index (κ1) is 12.6. The van der Waals surface area contributed by atoms with E-state index in [0.29, 0.717) is 6.04 Å². The highest BCUT2D eigenvalue weighted by Crippen LogP contribution is 2.16. The molecular formula is C15H24N2. The van der Waals surface area contributed by atoms with Crippen molar-refractivity contribution in [3.63, 3.8) is 0 Å². The Morgan fingerprint density at radius 3 is 2.71 bits per heavy atom. The minimum atomic E-state index is 0.679. The van der Waals surface area contributed by atoms with Gasteiger partial charge in [0.15, 0.2) is 0 Å². The van der Waals surface area contributed by atoms with Crippen molar-refractivity contribution in [2.24, 2.45) is 5.92 Å². The van der Waals surface area contributed by atoms with E-state index in [0.717, 1.165) is 12.5 Å². The van der Waals surface area contributed by atoms with Gasteiger partial charge in [0.1, 0.15) is 0 Å². The number of piperidine rings is 1. The maximum atomic E-state index is 3.71. The van der Waals surface area contributed by atoms with E-state index >= 15 is 0 Å². The number of likely N-dealkylation sites (tertiary alicyclic amines) is 1. The van der Waals surface area contributed by atoms with Gasteiger partial charge in [0.05, 0.1) is 0 Å². The molecule has 1 fully saturated rings. The molecule has 0 spiro atoms. The fourth-order valence-electron chi connectivity index (χ4n) is 2.67. The van der Waals surface area contributed by atoms with E-state index in [1.807, 2.05) is 0 Å². The average Bonchev–Trinajstić information content (AvgIpc) is 2.38.